The van der Waals surface area contributed by atoms with Crippen molar-refractivity contribution in [2.75, 3.05) is 12.3 Å². The lowest BCUT2D eigenvalue weighted by molar-refractivity contribution is 0.0521. The van der Waals surface area contributed by atoms with Crippen LogP contribution in [0.5, 0.6) is 0 Å². The Labute approximate surface area is 108 Å². The number of rotatable bonds is 2. The third-order valence-corrected chi connectivity index (χ3v) is 2.68. The normalized spacial score (nSPS) is 10.6. The van der Waals surface area contributed by atoms with E-state index in [9.17, 15) is 9.18 Å². The van der Waals surface area contributed by atoms with E-state index in [1.807, 2.05) is 0 Å². The lowest BCUT2D eigenvalue weighted by Crippen LogP contribution is -2.10. The molecular formula is C12H10ClFN2O2. The zero-order valence-electron chi connectivity index (χ0n) is 9.54. The monoisotopic (exact) mass is 268 g/mol. The van der Waals surface area contributed by atoms with Gasteiger partial charge in [0.25, 0.3) is 0 Å². The van der Waals surface area contributed by atoms with Gasteiger partial charge in [-0.1, -0.05) is 11.6 Å². The molecule has 0 fully saturated rings. The first-order valence-electron chi connectivity index (χ1n) is 5.26. The number of benzene rings is 1. The molecule has 2 aromatic rings. The van der Waals surface area contributed by atoms with Gasteiger partial charge in [0.2, 0.25) is 0 Å². The Morgan fingerprint density at radius 2 is 2.28 bits per heavy atom. The number of hydrogen-bond acceptors (Lipinski definition) is 4. The Hall–Kier alpha value is -1.88. The molecule has 1 heterocycles. The highest BCUT2D eigenvalue weighted by Crippen LogP contribution is 2.26. The average molecular weight is 269 g/mol. The largest absolute Gasteiger partial charge is 0.461 e. The topological polar surface area (TPSA) is 65.2 Å². The number of halogens is 2. The first-order chi connectivity index (χ1) is 8.54. The van der Waals surface area contributed by atoms with Crippen LogP contribution in [0.2, 0.25) is 5.02 Å². The van der Waals surface area contributed by atoms with Gasteiger partial charge in [-0.15, -0.1) is 0 Å². The summed E-state index contributed by atoms with van der Waals surface area (Å²) >= 11 is 5.66. The molecular weight excluding hydrogens is 259 g/mol. The first-order valence-corrected chi connectivity index (χ1v) is 5.63. The van der Waals surface area contributed by atoms with Crippen molar-refractivity contribution in [1.29, 1.82) is 0 Å². The van der Waals surface area contributed by atoms with Gasteiger partial charge in [0.15, 0.2) is 11.5 Å². The zero-order chi connectivity index (χ0) is 13.3. The number of carbonyl (C=O) groups is 1. The number of pyridine rings is 1. The van der Waals surface area contributed by atoms with Crippen molar-refractivity contribution in [2.45, 2.75) is 6.92 Å². The molecule has 0 saturated heterocycles. The second-order valence-corrected chi connectivity index (χ2v) is 3.98. The van der Waals surface area contributed by atoms with Crippen molar-refractivity contribution in [3.05, 3.63) is 34.7 Å². The summed E-state index contributed by atoms with van der Waals surface area (Å²) in [5.41, 5.74) is 6.00. The summed E-state index contributed by atoms with van der Waals surface area (Å²) in [4.78, 5) is 15.6. The Balaban J connectivity index is 2.63. The Bertz CT molecular complexity index is 631. The Morgan fingerprint density at radius 1 is 1.56 bits per heavy atom. The number of esters is 1. The van der Waals surface area contributed by atoms with E-state index in [4.69, 9.17) is 22.1 Å². The van der Waals surface area contributed by atoms with E-state index in [0.717, 1.165) is 0 Å². The van der Waals surface area contributed by atoms with E-state index < -0.39 is 11.8 Å². The van der Waals surface area contributed by atoms with Gasteiger partial charge in [-0.3, -0.25) is 0 Å². The minimum absolute atomic E-state index is 0.0208. The first kappa shape index (κ1) is 12.6. The van der Waals surface area contributed by atoms with E-state index in [2.05, 4.69) is 4.98 Å². The van der Waals surface area contributed by atoms with Crippen LogP contribution in [0.15, 0.2) is 18.2 Å². The molecule has 2 rings (SSSR count). The van der Waals surface area contributed by atoms with Gasteiger partial charge in [0.05, 0.1) is 22.8 Å². The van der Waals surface area contributed by atoms with Gasteiger partial charge < -0.3 is 10.5 Å². The molecule has 18 heavy (non-hydrogen) atoms. The standard InChI is InChI=1S/C12H10ClFN2O2/c1-2-18-12(17)11-8(15)5-6-9(16-11)4-3-7(13)10(6)14/h3-5H,2,15H2,1H3. The Morgan fingerprint density at radius 3 is 2.94 bits per heavy atom. The van der Waals surface area contributed by atoms with Gasteiger partial charge >= 0.3 is 5.97 Å². The summed E-state index contributed by atoms with van der Waals surface area (Å²) in [5, 5.41) is 0.153. The number of anilines is 1. The van der Waals surface area contributed by atoms with Crippen molar-refractivity contribution in [1.82, 2.24) is 4.98 Å². The summed E-state index contributed by atoms with van der Waals surface area (Å²) in [7, 11) is 0. The number of fused-ring (bicyclic) bond motifs is 1. The fourth-order valence-corrected chi connectivity index (χ4v) is 1.73. The van der Waals surface area contributed by atoms with Crippen molar-refractivity contribution in [3.8, 4) is 0 Å². The smallest absolute Gasteiger partial charge is 0.359 e. The third kappa shape index (κ3) is 2.09. The van der Waals surface area contributed by atoms with Crippen LogP contribution in [0.4, 0.5) is 10.1 Å². The maximum absolute atomic E-state index is 13.7. The maximum atomic E-state index is 13.7. The molecule has 0 atom stereocenters. The van der Waals surface area contributed by atoms with Gasteiger partial charge in [0, 0.05) is 5.39 Å². The van der Waals surface area contributed by atoms with Gasteiger partial charge in [0.1, 0.15) is 0 Å². The van der Waals surface area contributed by atoms with Crippen LogP contribution in [-0.4, -0.2) is 17.6 Å². The molecule has 1 aromatic carbocycles. The highest BCUT2D eigenvalue weighted by molar-refractivity contribution is 6.31. The van der Waals surface area contributed by atoms with E-state index in [1.165, 1.54) is 18.2 Å². The van der Waals surface area contributed by atoms with Crippen molar-refractivity contribution in [3.63, 3.8) is 0 Å². The number of carbonyl (C=O) groups excluding carboxylic acids is 1. The summed E-state index contributed by atoms with van der Waals surface area (Å²) in [6.45, 7) is 1.89. The van der Waals surface area contributed by atoms with Gasteiger partial charge in [-0.05, 0) is 25.1 Å². The minimum Gasteiger partial charge on any atom is -0.461 e. The van der Waals surface area contributed by atoms with Crippen LogP contribution in [-0.2, 0) is 4.74 Å². The van der Waals surface area contributed by atoms with Crippen LogP contribution in [0.25, 0.3) is 10.9 Å². The molecule has 0 aliphatic carbocycles. The maximum Gasteiger partial charge on any atom is 0.359 e. The molecule has 6 heteroatoms. The molecule has 0 saturated carbocycles. The number of nitrogens with two attached hydrogens (primary N) is 1. The van der Waals surface area contributed by atoms with Gasteiger partial charge in [-0.25, -0.2) is 14.2 Å². The molecule has 2 N–H and O–H groups in total. The SMILES string of the molecule is CCOC(=O)c1nc2ccc(Cl)c(F)c2cc1N. The predicted octanol–water partition coefficient (Wildman–Crippen LogP) is 2.79. The summed E-state index contributed by atoms with van der Waals surface area (Å²) in [6, 6.07) is 4.22. The van der Waals surface area contributed by atoms with Crippen molar-refractivity contribution < 1.29 is 13.9 Å². The van der Waals surface area contributed by atoms with E-state index >= 15 is 0 Å². The van der Waals surface area contributed by atoms with Crippen molar-refractivity contribution >= 4 is 34.2 Å². The third-order valence-electron chi connectivity index (χ3n) is 2.38. The molecule has 1 aromatic heterocycles. The quantitative estimate of drug-likeness (QED) is 0.851. The lowest BCUT2D eigenvalue weighted by atomic mass is 10.1. The van der Waals surface area contributed by atoms with Crippen LogP contribution in [0.3, 0.4) is 0 Å². The highest BCUT2D eigenvalue weighted by atomic mass is 35.5. The van der Waals surface area contributed by atoms with Crippen LogP contribution >= 0.6 is 11.6 Å². The predicted molar refractivity (Wildman–Crippen MR) is 67.1 cm³/mol. The fourth-order valence-electron chi connectivity index (χ4n) is 1.56. The van der Waals surface area contributed by atoms with E-state index in [-0.39, 0.29) is 28.4 Å². The molecule has 94 valence electrons. The van der Waals surface area contributed by atoms with E-state index in [0.29, 0.717) is 5.52 Å². The van der Waals surface area contributed by atoms with Crippen molar-refractivity contribution in [2.24, 2.45) is 0 Å². The molecule has 4 nitrogen and oxygen atoms in total. The zero-order valence-corrected chi connectivity index (χ0v) is 10.3. The van der Waals surface area contributed by atoms with E-state index in [1.54, 1.807) is 6.92 Å². The minimum atomic E-state index is -0.632. The molecule has 0 unspecified atom stereocenters. The van der Waals surface area contributed by atoms with Crippen LogP contribution in [0.1, 0.15) is 17.4 Å². The number of nitrogens with zero attached hydrogens (tertiary/aromatic N) is 1. The molecule has 0 spiro atoms. The molecule has 0 aliphatic rings. The number of aromatic nitrogens is 1. The van der Waals surface area contributed by atoms with Gasteiger partial charge in [-0.2, -0.15) is 0 Å². The summed E-state index contributed by atoms with van der Waals surface area (Å²) in [5.74, 6) is -1.24. The van der Waals surface area contributed by atoms with Crippen LogP contribution in [0, 0.1) is 5.82 Å². The molecule has 0 amide bonds. The molecule has 0 radical (unpaired) electrons. The fraction of sp³-hybridized carbons (Fsp3) is 0.167. The number of nitrogen functional groups attached to an aromatic ring is 1. The number of ether oxygens (including phenoxy) is 1. The lowest BCUT2D eigenvalue weighted by Gasteiger charge is -2.07. The molecule has 0 aliphatic heterocycles. The summed E-state index contributed by atoms with van der Waals surface area (Å²) < 4.78 is 18.5. The second kappa shape index (κ2) is 4.78. The molecule has 0 bridgehead atoms. The Kier molecular flexibility index (Phi) is 3.34. The number of hydrogen-bond donors (Lipinski definition) is 1. The summed E-state index contributed by atoms with van der Waals surface area (Å²) in [6.07, 6.45) is 0. The average Bonchev–Trinajstić information content (AvgIpc) is 2.34. The van der Waals surface area contributed by atoms with Crippen LogP contribution < -0.4 is 5.73 Å². The second-order valence-electron chi connectivity index (χ2n) is 3.57. The highest BCUT2D eigenvalue weighted by Gasteiger charge is 2.16.